The van der Waals surface area contributed by atoms with Crippen LogP contribution in [0.25, 0.3) is 0 Å². The van der Waals surface area contributed by atoms with Crippen molar-refractivity contribution in [3.63, 3.8) is 0 Å². The van der Waals surface area contributed by atoms with Crippen LogP contribution in [0.4, 0.5) is 0 Å². The van der Waals surface area contributed by atoms with Gasteiger partial charge in [0.2, 0.25) is 0 Å². The fourth-order valence-electron chi connectivity index (χ4n) is 4.32. The Hall–Kier alpha value is -2.28. The first-order chi connectivity index (χ1) is 19.4. The first-order valence-electron chi connectivity index (χ1n) is 15.8. The molecule has 1 aromatic carbocycles. The molecule has 1 aromatic rings. The molecule has 40 heavy (non-hydrogen) atoms. The summed E-state index contributed by atoms with van der Waals surface area (Å²) in [6, 6.07) is 5.97. The Morgan fingerprint density at radius 1 is 0.700 bits per heavy atom. The average Bonchev–Trinajstić information content (AvgIpc) is 2.91. The lowest BCUT2D eigenvalue weighted by Gasteiger charge is -2.19. The number of carbonyl (C=O) groups is 2. The van der Waals surface area contributed by atoms with Crippen molar-refractivity contribution in [2.24, 2.45) is 0 Å². The van der Waals surface area contributed by atoms with Crippen LogP contribution >= 0.6 is 0 Å². The number of unbranched alkanes of at least 4 members (excludes halogenated alkanes) is 9. The number of ether oxygens (including phenoxy) is 4. The maximum Gasteiger partial charge on any atom is 0.306 e. The maximum absolute atomic E-state index is 12.5. The largest absolute Gasteiger partial charge is 0.493 e. The highest BCUT2D eigenvalue weighted by atomic mass is 16.6. The summed E-state index contributed by atoms with van der Waals surface area (Å²) in [5.41, 5.74) is 1.10. The topological polar surface area (TPSA) is 74.3 Å². The monoisotopic (exact) mass is 563 g/mol. The van der Waals surface area contributed by atoms with Crippen LogP contribution in [0.3, 0.4) is 0 Å². The molecule has 7 nitrogen and oxygen atoms in total. The van der Waals surface area contributed by atoms with Gasteiger partial charge in [-0.25, -0.2) is 0 Å². The molecule has 1 atom stereocenters. The molecule has 0 amide bonds. The minimum Gasteiger partial charge on any atom is -0.493 e. The molecule has 230 valence electrons. The van der Waals surface area contributed by atoms with Crippen molar-refractivity contribution in [1.82, 2.24) is 4.90 Å². The second-order valence-electron chi connectivity index (χ2n) is 11.0. The summed E-state index contributed by atoms with van der Waals surface area (Å²) in [5, 5.41) is 0. The van der Waals surface area contributed by atoms with Crippen LogP contribution in [0.5, 0.6) is 11.5 Å². The fourth-order valence-corrected chi connectivity index (χ4v) is 4.32. The maximum atomic E-state index is 12.5. The Labute approximate surface area is 244 Å². The highest BCUT2D eigenvalue weighted by molar-refractivity contribution is 5.70. The number of carbonyl (C=O) groups excluding carboxylic acids is 2. The molecule has 0 aliphatic rings. The van der Waals surface area contributed by atoms with Crippen molar-refractivity contribution in [3.05, 3.63) is 23.8 Å². The van der Waals surface area contributed by atoms with Gasteiger partial charge in [0.1, 0.15) is 24.2 Å². The molecule has 0 spiro atoms. The zero-order valence-corrected chi connectivity index (χ0v) is 26.1. The number of nitrogens with zero attached hydrogens (tertiary/aromatic N) is 1. The van der Waals surface area contributed by atoms with E-state index in [1.165, 1.54) is 25.7 Å². The summed E-state index contributed by atoms with van der Waals surface area (Å²) in [7, 11) is 4.06. The van der Waals surface area contributed by atoms with Gasteiger partial charge >= 0.3 is 11.9 Å². The van der Waals surface area contributed by atoms with Gasteiger partial charge in [0.15, 0.2) is 0 Å². The van der Waals surface area contributed by atoms with Crippen LogP contribution in [0.15, 0.2) is 18.2 Å². The number of rotatable bonds is 25. The molecule has 0 N–H and O–H groups in total. The predicted octanol–water partition coefficient (Wildman–Crippen LogP) is 7.87. The zero-order chi connectivity index (χ0) is 29.4. The standard InChI is InChI=1S/C33H57NO6/c1-6-9-12-14-16-18-32(35)39-27-29(40-33(36)19-17-15-13-10-7-2)20-22-38-31-24-28(26-34(4)5)23-30(25-31)37-21-11-8-3/h23-25,29H,6-22,26-27H2,1-5H3/t29-/m0/s1. The third-order valence-electron chi connectivity index (χ3n) is 6.61. The lowest BCUT2D eigenvalue weighted by molar-refractivity contribution is -0.160. The van der Waals surface area contributed by atoms with Crippen LogP contribution in [0.1, 0.15) is 123 Å². The van der Waals surface area contributed by atoms with Crippen molar-refractivity contribution in [2.75, 3.05) is 33.9 Å². The first-order valence-corrected chi connectivity index (χ1v) is 15.8. The van der Waals surface area contributed by atoms with E-state index in [1.54, 1.807) is 0 Å². The molecule has 0 fully saturated rings. The highest BCUT2D eigenvalue weighted by Gasteiger charge is 2.18. The van der Waals surface area contributed by atoms with Crippen molar-refractivity contribution < 1.29 is 28.5 Å². The molecular formula is C33H57NO6. The molecule has 0 aromatic heterocycles. The van der Waals surface area contributed by atoms with Crippen molar-refractivity contribution in [3.8, 4) is 11.5 Å². The van der Waals surface area contributed by atoms with E-state index in [0.717, 1.165) is 75.0 Å². The van der Waals surface area contributed by atoms with E-state index in [9.17, 15) is 9.59 Å². The lowest BCUT2D eigenvalue weighted by Crippen LogP contribution is -2.27. The second kappa shape index (κ2) is 23.4. The van der Waals surface area contributed by atoms with Gasteiger partial charge in [0, 0.05) is 31.9 Å². The van der Waals surface area contributed by atoms with Gasteiger partial charge in [-0.05, 0) is 51.1 Å². The van der Waals surface area contributed by atoms with E-state index < -0.39 is 6.10 Å². The minimum absolute atomic E-state index is 0.0603. The summed E-state index contributed by atoms with van der Waals surface area (Å²) in [4.78, 5) is 26.9. The molecule has 7 heteroatoms. The molecule has 0 unspecified atom stereocenters. The summed E-state index contributed by atoms with van der Waals surface area (Å²) < 4.78 is 23.3. The number of hydrogen-bond acceptors (Lipinski definition) is 7. The molecular weight excluding hydrogens is 506 g/mol. The van der Waals surface area contributed by atoms with Gasteiger partial charge in [-0.15, -0.1) is 0 Å². The number of benzene rings is 1. The quantitative estimate of drug-likeness (QED) is 0.0885. The Bertz CT molecular complexity index is 797. The third-order valence-corrected chi connectivity index (χ3v) is 6.61. The van der Waals surface area contributed by atoms with Crippen molar-refractivity contribution >= 4 is 11.9 Å². The van der Waals surface area contributed by atoms with Crippen LogP contribution in [-0.4, -0.2) is 56.9 Å². The molecule has 0 bridgehead atoms. The van der Waals surface area contributed by atoms with Gasteiger partial charge in [0.25, 0.3) is 0 Å². The van der Waals surface area contributed by atoms with Crippen LogP contribution in [0.2, 0.25) is 0 Å². The first kappa shape index (κ1) is 35.7. The Morgan fingerprint density at radius 3 is 1.82 bits per heavy atom. The second-order valence-corrected chi connectivity index (χ2v) is 11.0. The van der Waals surface area contributed by atoms with Crippen LogP contribution < -0.4 is 9.47 Å². The van der Waals surface area contributed by atoms with Crippen molar-refractivity contribution in [2.45, 2.75) is 130 Å². The highest BCUT2D eigenvalue weighted by Crippen LogP contribution is 2.24. The molecule has 0 radical (unpaired) electrons. The molecule has 0 aliphatic carbocycles. The van der Waals surface area contributed by atoms with E-state index in [2.05, 4.69) is 31.7 Å². The van der Waals surface area contributed by atoms with Crippen LogP contribution in [0, 0.1) is 0 Å². The molecule has 0 aliphatic heterocycles. The lowest BCUT2D eigenvalue weighted by atomic mass is 10.1. The Morgan fingerprint density at radius 2 is 1.25 bits per heavy atom. The van der Waals surface area contributed by atoms with Crippen LogP contribution in [-0.2, 0) is 25.6 Å². The summed E-state index contributed by atoms with van der Waals surface area (Å²) in [5.74, 6) is 1.04. The smallest absolute Gasteiger partial charge is 0.306 e. The Kier molecular flexibility index (Phi) is 20.9. The summed E-state index contributed by atoms with van der Waals surface area (Å²) in [6.07, 6.45) is 13.5. The number of esters is 2. The van der Waals surface area contributed by atoms with E-state index in [0.29, 0.717) is 32.5 Å². The predicted molar refractivity (Wildman–Crippen MR) is 162 cm³/mol. The molecule has 1 rings (SSSR count). The third kappa shape index (κ3) is 18.9. The van der Waals surface area contributed by atoms with Gasteiger partial charge in [0.05, 0.1) is 13.2 Å². The molecule has 0 saturated heterocycles. The molecule has 0 heterocycles. The summed E-state index contributed by atoms with van der Waals surface area (Å²) >= 11 is 0. The van der Waals surface area contributed by atoms with Gasteiger partial charge in [-0.2, -0.15) is 0 Å². The van der Waals surface area contributed by atoms with Gasteiger partial charge in [-0.3, -0.25) is 9.59 Å². The fraction of sp³-hybridized carbons (Fsp3) is 0.758. The van der Waals surface area contributed by atoms with Crippen molar-refractivity contribution in [1.29, 1.82) is 0 Å². The molecule has 0 saturated carbocycles. The Balaban J connectivity index is 2.70. The number of hydrogen-bond donors (Lipinski definition) is 0. The summed E-state index contributed by atoms with van der Waals surface area (Å²) in [6.45, 7) is 8.32. The van der Waals surface area contributed by atoms with E-state index in [-0.39, 0.29) is 18.5 Å². The zero-order valence-electron chi connectivity index (χ0n) is 26.1. The van der Waals surface area contributed by atoms with E-state index in [4.69, 9.17) is 18.9 Å². The SMILES string of the molecule is CCCCCCCC(=O)OC[C@H](CCOc1cc(CN(C)C)cc(OCCCC)c1)OC(=O)CCCCCCC. The van der Waals surface area contributed by atoms with Gasteiger partial charge < -0.3 is 23.8 Å². The minimum atomic E-state index is -0.530. The average molecular weight is 564 g/mol. The van der Waals surface area contributed by atoms with E-state index >= 15 is 0 Å². The van der Waals surface area contributed by atoms with Gasteiger partial charge in [-0.1, -0.05) is 78.6 Å². The normalized spacial score (nSPS) is 11.8. The van der Waals surface area contributed by atoms with E-state index in [1.807, 2.05) is 26.2 Å².